The van der Waals surface area contributed by atoms with Crippen molar-refractivity contribution in [3.8, 4) is 0 Å². The maximum Gasteiger partial charge on any atom is 0.193 e. The van der Waals surface area contributed by atoms with E-state index in [1.165, 1.54) is 0 Å². The first kappa shape index (κ1) is 18.3. The lowest BCUT2D eigenvalue weighted by Crippen LogP contribution is -2.47. The molecule has 0 N–H and O–H groups in total. The van der Waals surface area contributed by atoms with Crippen molar-refractivity contribution in [3.63, 3.8) is 0 Å². The van der Waals surface area contributed by atoms with Gasteiger partial charge in [-0.15, -0.1) is 0 Å². The van der Waals surface area contributed by atoms with Crippen molar-refractivity contribution in [2.45, 2.75) is 49.9 Å². The van der Waals surface area contributed by atoms with Crippen LogP contribution in [0.5, 0.6) is 0 Å². The standard InChI is InChI=1S/C15H30O6Si/c1-4-15(16-2,17-3)14(21-10-13-9-20-13)5-6-22-11-18-7-12-8-19-12/h12-14H,4-11,22H2,1-3H3. The van der Waals surface area contributed by atoms with Gasteiger partial charge < -0.3 is 28.4 Å². The molecule has 2 aliphatic rings. The predicted molar refractivity (Wildman–Crippen MR) is 85.0 cm³/mol. The second kappa shape index (κ2) is 9.32. The third-order valence-corrected chi connectivity index (χ3v) is 5.76. The van der Waals surface area contributed by atoms with Crippen LogP contribution in [0, 0.1) is 0 Å². The van der Waals surface area contributed by atoms with Gasteiger partial charge in [0.1, 0.15) is 18.3 Å². The molecule has 0 bridgehead atoms. The van der Waals surface area contributed by atoms with Gasteiger partial charge in [-0.05, 0) is 6.42 Å². The van der Waals surface area contributed by atoms with Crippen molar-refractivity contribution in [3.05, 3.63) is 0 Å². The smallest absolute Gasteiger partial charge is 0.193 e. The third kappa shape index (κ3) is 5.88. The van der Waals surface area contributed by atoms with Gasteiger partial charge in [-0.25, -0.2) is 0 Å². The fourth-order valence-electron chi connectivity index (χ4n) is 2.59. The molecule has 2 saturated heterocycles. The summed E-state index contributed by atoms with van der Waals surface area (Å²) in [6, 6.07) is 1.15. The molecule has 0 radical (unpaired) electrons. The minimum atomic E-state index is -0.661. The van der Waals surface area contributed by atoms with Crippen LogP contribution in [0.15, 0.2) is 0 Å². The largest absolute Gasteiger partial charge is 0.383 e. The first-order chi connectivity index (χ1) is 10.7. The fraction of sp³-hybridized carbons (Fsp3) is 1.00. The van der Waals surface area contributed by atoms with Crippen LogP contribution in [-0.4, -0.2) is 80.5 Å². The first-order valence-electron chi connectivity index (χ1n) is 8.27. The number of rotatable bonds is 14. The zero-order valence-corrected chi connectivity index (χ0v) is 15.5. The summed E-state index contributed by atoms with van der Waals surface area (Å²) in [7, 11) is 3.13. The second-order valence-corrected chi connectivity index (χ2v) is 7.70. The number of hydrogen-bond acceptors (Lipinski definition) is 6. The van der Waals surface area contributed by atoms with Gasteiger partial charge in [0.05, 0.1) is 35.9 Å². The van der Waals surface area contributed by atoms with Gasteiger partial charge in [0.25, 0.3) is 0 Å². The van der Waals surface area contributed by atoms with Crippen LogP contribution in [0.25, 0.3) is 0 Å². The monoisotopic (exact) mass is 334 g/mol. The number of epoxide rings is 2. The van der Waals surface area contributed by atoms with E-state index in [1.807, 2.05) is 0 Å². The topological polar surface area (TPSA) is 62.0 Å². The molecule has 0 aliphatic carbocycles. The maximum absolute atomic E-state index is 6.05. The summed E-state index contributed by atoms with van der Waals surface area (Å²) in [5.74, 6) is -0.661. The van der Waals surface area contributed by atoms with E-state index in [0.29, 0.717) is 12.7 Å². The van der Waals surface area contributed by atoms with E-state index in [-0.39, 0.29) is 21.7 Å². The highest BCUT2D eigenvalue weighted by Crippen LogP contribution is 2.28. The zero-order valence-electron chi connectivity index (χ0n) is 14.0. The Hall–Kier alpha value is -0.0231. The summed E-state index contributed by atoms with van der Waals surface area (Å²) in [6.07, 6.45) is 3.15. The highest BCUT2D eigenvalue weighted by molar-refractivity contribution is 6.35. The molecule has 0 aromatic rings. The van der Waals surface area contributed by atoms with Crippen molar-refractivity contribution in [2.75, 3.05) is 46.9 Å². The van der Waals surface area contributed by atoms with Gasteiger partial charge in [-0.2, -0.15) is 0 Å². The molecule has 3 unspecified atom stereocenters. The molecular weight excluding hydrogens is 304 g/mol. The van der Waals surface area contributed by atoms with Crippen LogP contribution in [0.3, 0.4) is 0 Å². The molecule has 3 atom stereocenters. The molecule has 6 nitrogen and oxygen atoms in total. The van der Waals surface area contributed by atoms with Crippen molar-refractivity contribution in [1.82, 2.24) is 0 Å². The van der Waals surface area contributed by atoms with Crippen LogP contribution in [-0.2, 0) is 28.4 Å². The Morgan fingerprint density at radius 3 is 2.32 bits per heavy atom. The van der Waals surface area contributed by atoms with Gasteiger partial charge >= 0.3 is 0 Å². The van der Waals surface area contributed by atoms with Crippen molar-refractivity contribution in [1.29, 1.82) is 0 Å². The van der Waals surface area contributed by atoms with Crippen molar-refractivity contribution < 1.29 is 28.4 Å². The van der Waals surface area contributed by atoms with Gasteiger partial charge in [0.15, 0.2) is 5.79 Å². The molecule has 130 valence electrons. The number of ether oxygens (including phenoxy) is 6. The van der Waals surface area contributed by atoms with Crippen molar-refractivity contribution in [2.24, 2.45) is 0 Å². The molecule has 0 spiro atoms. The van der Waals surface area contributed by atoms with E-state index in [4.69, 9.17) is 28.4 Å². The van der Waals surface area contributed by atoms with Crippen LogP contribution in [0.2, 0.25) is 6.04 Å². The number of hydrogen-bond donors (Lipinski definition) is 0. The Morgan fingerprint density at radius 2 is 1.77 bits per heavy atom. The van der Waals surface area contributed by atoms with Crippen molar-refractivity contribution >= 4 is 9.52 Å². The van der Waals surface area contributed by atoms with Gasteiger partial charge in [0, 0.05) is 26.9 Å². The Morgan fingerprint density at radius 1 is 1.14 bits per heavy atom. The molecule has 2 rings (SSSR count). The summed E-state index contributed by atoms with van der Waals surface area (Å²) in [4.78, 5) is 0. The van der Waals surface area contributed by atoms with E-state index < -0.39 is 5.79 Å². The summed E-state index contributed by atoms with van der Waals surface area (Å²) < 4.78 is 33.3. The summed E-state index contributed by atoms with van der Waals surface area (Å²) >= 11 is 0. The SMILES string of the molecule is CCC(OC)(OC)C(CC[SiH2]COCC1CO1)OCC1CO1. The second-order valence-electron chi connectivity index (χ2n) is 5.88. The Balaban J connectivity index is 1.69. The van der Waals surface area contributed by atoms with Crippen LogP contribution in [0.4, 0.5) is 0 Å². The molecule has 2 heterocycles. The zero-order chi connectivity index (χ0) is 15.8. The van der Waals surface area contributed by atoms with Gasteiger partial charge in [-0.1, -0.05) is 13.0 Å². The number of methoxy groups -OCH3 is 2. The molecule has 2 aliphatic heterocycles. The average molecular weight is 334 g/mol. The van der Waals surface area contributed by atoms with E-state index in [0.717, 1.165) is 44.9 Å². The summed E-state index contributed by atoms with van der Waals surface area (Å²) in [5.41, 5.74) is 0. The quantitative estimate of drug-likeness (QED) is 0.200. The Kier molecular flexibility index (Phi) is 7.76. The lowest BCUT2D eigenvalue weighted by molar-refractivity contribution is -0.271. The average Bonchev–Trinajstić information content (AvgIpc) is 3.43. The van der Waals surface area contributed by atoms with Crippen LogP contribution in [0.1, 0.15) is 19.8 Å². The lowest BCUT2D eigenvalue weighted by Gasteiger charge is -2.37. The summed E-state index contributed by atoms with van der Waals surface area (Å²) in [6.45, 7) is 5.10. The van der Waals surface area contributed by atoms with Crippen LogP contribution >= 0.6 is 0 Å². The van der Waals surface area contributed by atoms with Gasteiger partial charge in [0.2, 0.25) is 0 Å². The Bertz CT molecular complexity index is 296. The van der Waals surface area contributed by atoms with E-state index >= 15 is 0 Å². The molecule has 22 heavy (non-hydrogen) atoms. The molecule has 0 saturated carbocycles. The third-order valence-electron chi connectivity index (χ3n) is 4.27. The highest BCUT2D eigenvalue weighted by Gasteiger charge is 2.39. The molecule has 0 amide bonds. The molecule has 0 aromatic heterocycles. The molecule has 0 aromatic carbocycles. The molecular formula is C15H30O6Si. The van der Waals surface area contributed by atoms with Crippen LogP contribution < -0.4 is 0 Å². The molecule has 7 heteroatoms. The highest BCUT2D eigenvalue weighted by atomic mass is 28.2. The Labute approximate surface area is 135 Å². The van der Waals surface area contributed by atoms with Gasteiger partial charge in [-0.3, -0.25) is 0 Å². The fourth-order valence-corrected chi connectivity index (χ4v) is 3.83. The predicted octanol–water partition coefficient (Wildman–Crippen LogP) is 0.520. The minimum absolute atomic E-state index is 0.0593. The lowest BCUT2D eigenvalue weighted by atomic mass is 10.0. The minimum Gasteiger partial charge on any atom is -0.383 e. The maximum atomic E-state index is 6.05. The molecule has 2 fully saturated rings. The van der Waals surface area contributed by atoms with E-state index in [2.05, 4.69) is 6.92 Å². The van der Waals surface area contributed by atoms with E-state index in [9.17, 15) is 0 Å². The summed E-state index contributed by atoms with van der Waals surface area (Å²) in [5, 5.41) is 0. The van der Waals surface area contributed by atoms with E-state index in [1.54, 1.807) is 14.2 Å². The first-order valence-corrected chi connectivity index (χ1v) is 10.3. The normalized spacial score (nSPS) is 25.8.